The van der Waals surface area contributed by atoms with Crippen molar-refractivity contribution < 1.29 is 29.2 Å². The Labute approximate surface area is 134 Å². The van der Waals surface area contributed by atoms with E-state index >= 15 is 0 Å². The van der Waals surface area contributed by atoms with Crippen LogP contribution in [0.25, 0.3) is 0 Å². The predicted molar refractivity (Wildman–Crippen MR) is 85.1 cm³/mol. The zero-order valence-corrected chi connectivity index (χ0v) is 13.8. The Balaban J connectivity index is 2.91. The molecule has 0 unspecified atom stereocenters. The van der Waals surface area contributed by atoms with E-state index in [2.05, 4.69) is 0 Å². The van der Waals surface area contributed by atoms with Crippen molar-refractivity contribution in [2.75, 3.05) is 66.1 Å². The molecule has 6 heteroatoms. The molecule has 6 nitrogen and oxygen atoms in total. The highest BCUT2D eigenvalue weighted by Gasteiger charge is 1.94. The third kappa shape index (κ3) is 19.8. The Morgan fingerprint density at radius 3 is 1.27 bits per heavy atom. The van der Waals surface area contributed by atoms with Gasteiger partial charge in [-0.1, -0.05) is 25.7 Å². The quantitative estimate of drug-likeness (QED) is 0.350. The van der Waals surface area contributed by atoms with Crippen molar-refractivity contribution in [1.29, 1.82) is 0 Å². The molecule has 0 aliphatic carbocycles. The van der Waals surface area contributed by atoms with Crippen LogP contribution in [0.5, 0.6) is 0 Å². The van der Waals surface area contributed by atoms with Gasteiger partial charge in [-0.05, 0) is 12.8 Å². The van der Waals surface area contributed by atoms with E-state index in [1.54, 1.807) is 0 Å². The van der Waals surface area contributed by atoms with Crippen LogP contribution >= 0.6 is 0 Å². The average Bonchev–Trinajstić information content (AvgIpc) is 2.54. The van der Waals surface area contributed by atoms with Crippen LogP contribution in [0.2, 0.25) is 0 Å². The molecular formula is C16H34O6. The van der Waals surface area contributed by atoms with Crippen LogP contribution in [-0.2, 0) is 18.9 Å². The van der Waals surface area contributed by atoms with Crippen LogP contribution in [0.1, 0.15) is 38.5 Å². The molecule has 0 spiro atoms. The van der Waals surface area contributed by atoms with Gasteiger partial charge in [0.1, 0.15) is 0 Å². The minimum Gasteiger partial charge on any atom is -0.396 e. The third-order valence-corrected chi connectivity index (χ3v) is 3.05. The SMILES string of the molecule is OCCCCCCCCOCCOCCOCCOCCO. The van der Waals surface area contributed by atoms with Gasteiger partial charge < -0.3 is 29.2 Å². The third-order valence-electron chi connectivity index (χ3n) is 3.05. The summed E-state index contributed by atoms with van der Waals surface area (Å²) in [4.78, 5) is 0. The fourth-order valence-corrected chi connectivity index (χ4v) is 1.85. The van der Waals surface area contributed by atoms with Gasteiger partial charge in [0.15, 0.2) is 0 Å². The number of aliphatic hydroxyl groups excluding tert-OH is 2. The van der Waals surface area contributed by atoms with Crippen molar-refractivity contribution in [1.82, 2.24) is 0 Å². The number of rotatable bonds is 19. The van der Waals surface area contributed by atoms with Crippen molar-refractivity contribution in [3.8, 4) is 0 Å². The second-order valence-corrected chi connectivity index (χ2v) is 5.02. The molecule has 0 aromatic carbocycles. The Morgan fingerprint density at radius 1 is 0.364 bits per heavy atom. The summed E-state index contributed by atoms with van der Waals surface area (Å²) in [5.41, 5.74) is 0. The van der Waals surface area contributed by atoms with Gasteiger partial charge in [-0.25, -0.2) is 0 Å². The fraction of sp³-hybridized carbons (Fsp3) is 1.00. The molecule has 0 rings (SSSR count). The smallest absolute Gasteiger partial charge is 0.0701 e. The summed E-state index contributed by atoms with van der Waals surface area (Å²) in [7, 11) is 0. The van der Waals surface area contributed by atoms with Crippen molar-refractivity contribution in [3.05, 3.63) is 0 Å². The molecular weight excluding hydrogens is 288 g/mol. The van der Waals surface area contributed by atoms with E-state index in [1.807, 2.05) is 0 Å². The van der Waals surface area contributed by atoms with Crippen LogP contribution in [0.4, 0.5) is 0 Å². The maximum atomic E-state index is 8.65. The van der Waals surface area contributed by atoms with Crippen LogP contribution in [0, 0.1) is 0 Å². The van der Waals surface area contributed by atoms with Crippen LogP contribution < -0.4 is 0 Å². The highest BCUT2D eigenvalue weighted by molar-refractivity contribution is 4.44. The molecule has 0 fully saturated rings. The molecule has 0 aliphatic heterocycles. The monoisotopic (exact) mass is 322 g/mol. The van der Waals surface area contributed by atoms with Gasteiger partial charge in [0, 0.05) is 13.2 Å². The number of ether oxygens (including phenoxy) is 4. The molecule has 0 aliphatic rings. The van der Waals surface area contributed by atoms with Gasteiger partial charge >= 0.3 is 0 Å². The first-order chi connectivity index (χ1) is 10.9. The maximum Gasteiger partial charge on any atom is 0.0701 e. The Morgan fingerprint density at radius 2 is 0.773 bits per heavy atom. The number of unbranched alkanes of at least 4 members (excludes halogenated alkanes) is 5. The number of hydrogen-bond acceptors (Lipinski definition) is 6. The normalized spacial score (nSPS) is 11.2. The second-order valence-electron chi connectivity index (χ2n) is 5.02. The number of aliphatic hydroxyl groups is 2. The summed E-state index contributed by atoms with van der Waals surface area (Å²) in [6, 6.07) is 0. The Hall–Kier alpha value is -0.240. The highest BCUT2D eigenvalue weighted by Crippen LogP contribution is 2.04. The Kier molecular flexibility index (Phi) is 20.5. The summed E-state index contributed by atoms with van der Waals surface area (Å²) in [6.07, 6.45) is 6.76. The van der Waals surface area contributed by atoms with E-state index in [0.29, 0.717) is 52.9 Å². The summed E-state index contributed by atoms with van der Waals surface area (Å²) in [6.45, 7) is 4.89. The molecule has 0 amide bonds. The minimum atomic E-state index is 0.0484. The summed E-state index contributed by atoms with van der Waals surface area (Å²) < 4.78 is 21.2. The number of hydrogen-bond donors (Lipinski definition) is 2. The minimum absolute atomic E-state index is 0.0484. The molecule has 0 heterocycles. The van der Waals surface area contributed by atoms with E-state index in [0.717, 1.165) is 25.9 Å². The lowest BCUT2D eigenvalue weighted by atomic mass is 10.1. The zero-order chi connectivity index (χ0) is 16.1. The van der Waals surface area contributed by atoms with Crippen LogP contribution in [0.15, 0.2) is 0 Å². The molecule has 0 aromatic rings. The van der Waals surface area contributed by atoms with E-state index < -0.39 is 0 Å². The van der Waals surface area contributed by atoms with Crippen LogP contribution in [-0.4, -0.2) is 76.3 Å². The Bertz CT molecular complexity index is 171. The van der Waals surface area contributed by atoms with Crippen LogP contribution in [0.3, 0.4) is 0 Å². The van der Waals surface area contributed by atoms with Crippen molar-refractivity contribution in [2.45, 2.75) is 38.5 Å². The molecule has 0 atom stereocenters. The van der Waals surface area contributed by atoms with Gasteiger partial charge in [-0.3, -0.25) is 0 Å². The van der Waals surface area contributed by atoms with Crippen molar-refractivity contribution in [3.63, 3.8) is 0 Å². The van der Waals surface area contributed by atoms with Gasteiger partial charge in [0.2, 0.25) is 0 Å². The zero-order valence-electron chi connectivity index (χ0n) is 13.8. The molecule has 22 heavy (non-hydrogen) atoms. The molecule has 0 saturated carbocycles. The van der Waals surface area contributed by atoms with E-state index in [1.165, 1.54) is 19.3 Å². The molecule has 2 N–H and O–H groups in total. The standard InChI is InChI=1S/C16H34O6/c17-7-5-3-1-2-4-6-9-19-11-13-21-15-16-22-14-12-20-10-8-18/h17-18H,1-16H2. The summed E-state index contributed by atoms with van der Waals surface area (Å²) in [5, 5.41) is 17.1. The topological polar surface area (TPSA) is 77.4 Å². The van der Waals surface area contributed by atoms with Gasteiger partial charge in [-0.15, -0.1) is 0 Å². The van der Waals surface area contributed by atoms with E-state index in [4.69, 9.17) is 29.2 Å². The first kappa shape index (κ1) is 21.8. The van der Waals surface area contributed by atoms with E-state index in [9.17, 15) is 0 Å². The van der Waals surface area contributed by atoms with E-state index in [-0.39, 0.29) is 6.61 Å². The maximum absolute atomic E-state index is 8.65. The van der Waals surface area contributed by atoms with Gasteiger partial charge in [0.25, 0.3) is 0 Å². The van der Waals surface area contributed by atoms with Crippen molar-refractivity contribution >= 4 is 0 Å². The molecule has 0 saturated heterocycles. The highest BCUT2D eigenvalue weighted by atomic mass is 16.6. The largest absolute Gasteiger partial charge is 0.396 e. The molecule has 0 radical (unpaired) electrons. The lowest BCUT2D eigenvalue weighted by Crippen LogP contribution is -2.12. The average molecular weight is 322 g/mol. The molecule has 134 valence electrons. The molecule has 0 aromatic heterocycles. The summed E-state index contributed by atoms with van der Waals surface area (Å²) in [5.74, 6) is 0. The van der Waals surface area contributed by atoms with Gasteiger partial charge in [0.05, 0.1) is 52.9 Å². The second kappa shape index (κ2) is 20.8. The lowest BCUT2D eigenvalue weighted by Gasteiger charge is -2.07. The summed E-state index contributed by atoms with van der Waals surface area (Å²) >= 11 is 0. The van der Waals surface area contributed by atoms with Gasteiger partial charge in [-0.2, -0.15) is 0 Å². The first-order valence-corrected chi connectivity index (χ1v) is 8.44. The lowest BCUT2D eigenvalue weighted by molar-refractivity contribution is -0.00577. The first-order valence-electron chi connectivity index (χ1n) is 8.44. The predicted octanol–water partition coefficient (Wildman–Crippen LogP) is 1.38. The van der Waals surface area contributed by atoms with Crippen molar-refractivity contribution in [2.24, 2.45) is 0 Å². The fourth-order valence-electron chi connectivity index (χ4n) is 1.85. The molecule has 0 bridgehead atoms.